The maximum Gasteiger partial charge on any atom is 0.265 e. The molecule has 0 saturated carbocycles. The fraction of sp³-hybridized carbons (Fsp3) is 0.316. The van der Waals surface area contributed by atoms with Crippen molar-refractivity contribution < 1.29 is 14.3 Å². The van der Waals surface area contributed by atoms with Crippen LogP contribution < -0.4 is 14.8 Å². The summed E-state index contributed by atoms with van der Waals surface area (Å²) < 4.78 is 10.9. The van der Waals surface area contributed by atoms with Crippen molar-refractivity contribution in [3.05, 3.63) is 53.1 Å². The summed E-state index contributed by atoms with van der Waals surface area (Å²) in [6.07, 6.45) is -0.634. The van der Waals surface area contributed by atoms with Crippen LogP contribution in [0.5, 0.6) is 11.5 Å². The average Bonchev–Trinajstić information content (AvgIpc) is 2.55. The normalized spacial score (nSPS) is 11.9. The van der Waals surface area contributed by atoms with Crippen molar-refractivity contribution in [2.45, 2.75) is 32.8 Å². The lowest BCUT2D eigenvalue weighted by Crippen LogP contribution is -2.30. The van der Waals surface area contributed by atoms with Crippen molar-refractivity contribution in [3.8, 4) is 11.5 Å². The van der Waals surface area contributed by atoms with E-state index in [2.05, 4.69) is 19.2 Å². The Kier molecular flexibility index (Phi) is 6.10. The van der Waals surface area contributed by atoms with Crippen LogP contribution >= 0.6 is 11.6 Å². The summed E-state index contributed by atoms with van der Waals surface area (Å²) in [5.41, 5.74) is 1.67. The van der Waals surface area contributed by atoms with Gasteiger partial charge in [-0.1, -0.05) is 43.6 Å². The zero-order valence-electron chi connectivity index (χ0n) is 14.3. The number of halogens is 1. The molecule has 1 N–H and O–H groups in total. The first kappa shape index (κ1) is 18.1. The van der Waals surface area contributed by atoms with Gasteiger partial charge in [-0.25, -0.2) is 0 Å². The molecule has 0 spiro atoms. The number of anilines is 1. The summed E-state index contributed by atoms with van der Waals surface area (Å²) in [4.78, 5) is 12.4. The van der Waals surface area contributed by atoms with Crippen LogP contribution in [-0.2, 0) is 4.79 Å². The lowest BCUT2D eigenvalue weighted by molar-refractivity contribution is -0.122. The van der Waals surface area contributed by atoms with Gasteiger partial charge in [-0.05, 0) is 42.7 Å². The first-order chi connectivity index (χ1) is 11.4. The van der Waals surface area contributed by atoms with Crippen LogP contribution in [0.3, 0.4) is 0 Å². The molecular weight excluding hydrogens is 326 g/mol. The Hall–Kier alpha value is -2.20. The molecule has 2 rings (SSSR count). The van der Waals surface area contributed by atoms with Crippen LogP contribution in [0, 0.1) is 0 Å². The van der Waals surface area contributed by atoms with Crippen LogP contribution in [0.4, 0.5) is 5.69 Å². The number of rotatable bonds is 6. The van der Waals surface area contributed by atoms with E-state index in [4.69, 9.17) is 21.1 Å². The lowest BCUT2D eigenvalue weighted by atomic mass is 10.0. The van der Waals surface area contributed by atoms with Gasteiger partial charge in [0.1, 0.15) is 11.5 Å². The number of para-hydroxylation sites is 1. The quantitative estimate of drug-likeness (QED) is 0.810. The van der Waals surface area contributed by atoms with Crippen LogP contribution in [-0.4, -0.2) is 19.1 Å². The number of benzene rings is 2. The van der Waals surface area contributed by atoms with E-state index in [1.54, 1.807) is 32.2 Å². The molecular formula is C19H22ClNO3. The number of amides is 1. The summed E-state index contributed by atoms with van der Waals surface area (Å²) >= 11 is 6.07. The number of hydrogen-bond donors (Lipinski definition) is 1. The Morgan fingerprint density at radius 1 is 1.08 bits per heavy atom. The highest BCUT2D eigenvalue weighted by molar-refractivity contribution is 6.32. The van der Waals surface area contributed by atoms with Gasteiger partial charge in [0.2, 0.25) is 0 Å². The fourth-order valence-electron chi connectivity index (χ4n) is 2.30. The number of methoxy groups -OCH3 is 1. The fourth-order valence-corrected chi connectivity index (χ4v) is 2.55. The van der Waals surface area contributed by atoms with Gasteiger partial charge in [0.25, 0.3) is 5.91 Å². The third kappa shape index (κ3) is 4.42. The molecule has 0 aliphatic heterocycles. The van der Waals surface area contributed by atoms with Crippen molar-refractivity contribution in [2.75, 3.05) is 12.4 Å². The van der Waals surface area contributed by atoms with Crippen molar-refractivity contribution in [1.29, 1.82) is 0 Å². The van der Waals surface area contributed by atoms with Crippen LogP contribution in [0.15, 0.2) is 42.5 Å². The molecule has 0 radical (unpaired) electrons. The molecule has 0 unspecified atom stereocenters. The van der Waals surface area contributed by atoms with E-state index in [-0.39, 0.29) is 5.91 Å². The molecule has 0 heterocycles. The first-order valence-corrected chi connectivity index (χ1v) is 8.20. The predicted octanol–water partition coefficient (Wildman–Crippen LogP) is 4.88. The number of nitrogens with one attached hydrogen (secondary N) is 1. The minimum absolute atomic E-state index is 0.241. The van der Waals surface area contributed by atoms with Gasteiger partial charge in [-0.15, -0.1) is 0 Å². The second-order valence-corrected chi connectivity index (χ2v) is 6.20. The van der Waals surface area contributed by atoms with Crippen molar-refractivity contribution >= 4 is 23.2 Å². The molecule has 0 bridgehead atoms. The average molecular weight is 348 g/mol. The minimum atomic E-state index is -0.634. The number of hydrogen-bond acceptors (Lipinski definition) is 3. The first-order valence-electron chi connectivity index (χ1n) is 7.82. The van der Waals surface area contributed by atoms with Gasteiger partial charge in [0.05, 0.1) is 12.1 Å². The molecule has 1 atom stereocenters. The smallest absolute Gasteiger partial charge is 0.265 e. The standard InChI is InChI=1S/C19H22ClNO3/c1-12(2)15-7-5-6-8-17(15)24-13(3)19(22)21-14-9-10-18(23-4)16(20)11-14/h5-13H,1-4H3,(H,21,22)/t13-/m1/s1. The second-order valence-electron chi connectivity index (χ2n) is 5.79. The zero-order chi connectivity index (χ0) is 17.7. The third-order valence-electron chi connectivity index (χ3n) is 3.63. The highest BCUT2D eigenvalue weighted by Crippen LogP contribution is 2.28. The molecule has 128 valence electrons. The van der Waals surface area contributed by atoms with Crippen LogP contribution in [0.1, 0.15) is 32.3 Å². The second kappa shape index (κ2) is 8.06. The Labute approximate surface area is 147 Å². The molecule has 24 heavy (non-hydrogen) atoms. The van der Waals surface area contributed by atoms with E-state index in [9.17, 15) is 4.79 Å². The van der Waals surface area contributed by atoms with Gasteiger partial charge in [0.15, 0.2) is 6.10 Å². The van der Waals surface area contributed by atoms with Gasteiger partial charge in [-0.2, -0.15) is 0 Å². The SMILES string of the molecule is COc1ccc(NC(=O)[C@@H](C)Oc2ccccc2C(C)C)cc1Cl. The van der Waals surface area contributed by atoms with Crippen LogP contribution in [0.25, 0.3) is 0 Å². The van der Waals surface area contributed by atoms with Crippen molar-refractivity contribution in [1.82, 2.24) is 0 Å². The summed E-state index contributed by atoms with van der Waals surface area (Å²) in [6, 6.07) is 12.8. The Morgan fingerprint density at radius 2 is 1.79 bits per heavy atom. The molecule has 5 heteroatoms. The van der Waals surface area contributed by atoms with Crippen LogP contribution in [0.2, 0.25) is 5.02 Å². The lowest BCUT2D eigenvalue weighted by Gasteiger charge is -2.19. The molecule has 0 aliphatic rings. The Balaban J connectivity index is 2.06. The maximum atomic E-state index is 12.4. The highest BCUT2D eigenvalue weighted by Gasteiger charge is 2.17. The molecule has 0 fully saturated rings. The topological polar surface area (TPSA) is 47.6 Å². The number of carbonyl (C=O) groups excluding carboxylic acids is 1. The summed E-state index contributed by atoms with van der Waals surface area (Å²) in [5, 5.41) is 3.24. The van der Waals surface area contributed by atoms with E-state index in [0.29, 0.717) is 22.4 Å². The van der Waals surface area contributed by atoms with Gasteiger partial charge in [0, 0.05) is 5.69 Å². The molecule has 2 aromatic carbocycles. The largest absolute Gasteiger partial charge is 0.495 e. The van der Waals surface area contributed by atoms with E-state index < -0.39 is 6.10 Å². The van der Waals surface area contributed by atoms with Gasteiger partial charge in [-0.3, -0.25) is 4.79 Å². The van der Waals surface area contributed by atoms with E-state index in [0.717, 1.165) is 11.3 Å². The predicted molar refractivity (Wildman–Crippen MR) is 97.3 cm³/mol. The number of carbonyl (C=O) groups is 1. The molecule has 1 amide bonds. The molecule has 0 aliphatic carbocycles. The van der Waals surface area contributed by atoms with Gasteiger partial charge < -0.3 is 14.8 Å². The minimum Gasteiger partial charge on any atom is -0.495 e. The molecule has 0 aromatic heterocycles. The van der Waals surface area contributed by atoms with E-state index >= 15 is 0 Å². The van der Waals surface area contributed by atoms with Gasteiger partial charge >= 0.3 is 0 Å². The Morgan fingerprint density at radius 3 is 2.42 bits per heavy atom. The van der Waals surface area contributed by atoms with Crippen molar-refractivity contribution in [2.24, 2.45) is 0 Å². The molecule has 2 aromatic rings. The van der Waals surface area contributed by atoms with E-state index in [1.807, 2.05) is 24.3 Å². The summed E-state index contributed by atoms with van der Waals surface area (Å²) in [7, 11) is 1.54. The molecule has 4 nitrogen and oxygen atoms in total. The summed E-state index contributed by atoms with van der Waals surface area (Å²) in [5.74, 6) is 1.36. The van der Waals surface area contributed by atoms with Crippen molar-refractivity contribution in [3.63, 3.8) is 0 Å². The third-order valence-corrected chi connectivity index (χ3v) is 3.93. The zero-order valence-corrected chi connectivity index (χ0v) is 15.1. The monoisotopic (exact) mass is 347 g/mol. The number of ether oxygens (including phenoxy) is 2. The highest BCUT2D eigenvalue weighted by atomic mass is 35.5. The van der Waals surface area contributed by atoms with E-state index in [1.165, 1.54) is 0 Å². The molecule has 0 saturated heterocycles. The summed E-state index contributed by atoms with van der Waals surface area (Å²) in [6.45, 7) is 5.90. The Bertz CT molecular complexity index is 716. The maximum absolute atomic E-state index is 12.4.